The second-order valence-electron chi connectivity index (χ2n) is 14.3. The average molecular weight is 712 g/mol. The quantitative estimate of drug-likeness (QED) is 0.0266. The Bertz CT molecular complexity index is 944. The van der Waals surface area contributed by atoms with Crippen LogP contribution in [0.4, 0.5) is 0 Å². The zero-order valence-corrected chi connectivity index (χ0v) is 33.1. The van der Waals surface area contributed by atoms with Crippen LogP contribution in [0.5, 0.6) is 0 Å². The van der Waals surface area contributed by atoms with Gasteiger partial charge in [-0.1, -0.05) is 140 Å². The molecule has 0 aliphatic rings. The first-order chi connectivity index (χ1) is 23.5. The van der Waals surface area contributed by atoms with Gasteiger partial charge < -0.3 is 19.8 Å². The minimum Gasteiger partial charge on any atom is -0.391 e. The summed E-state index contributed by atoms with van der Waals surface area (Å²) in [4.78, 5) is 22.9. The number of amides is 1. The van der Waals surface area contributed by atoms with Crippen LogP contribution in [-0.2, 0) is 18.4 Å². The molecule has 49 heavy (non-hydrogen) atoms. The Labute approximate surface area is 301 Å². The fourth-order valence-electron chi connectivity index (χ4n) is 5.21. The SMILES string of the molecule is CC/C=C\C/C=C\C/C=C\C/C=C\CCCCCCCCCCC(=O)NC(COP(=O)(O)OCC[N+](C)(C)C)C(O)CCCCCCCC. The second kappa shape index (κ2) is 32.4. The monoisotopic (exact) mass is 712 g/mol. The Morgan fingerprint density at radius 2 is 1.22 bits per heavy atom. The maximum atomic E-state index is 12.8. The number of rotatable bonds is 34. The fourth-order valence-corrected chi connectivity index (χ4v) is 5.95. The van der Waals surface area contributed by atoms with E-state index in [2.05, 4.69) is 67.8 Å². The zero-order chi connectivity index (χ0) is 36.5. The number of carbonyl (C=O) groups is 1. The van der Waals surface area contributed by atoms with Crippen molar-refractivity contribution in [2.75, 3.05) is 40.9 Å². The van der Waals surface area contributed by atoms with Crippen molar-refractivity contribution in [3.8, 4) is 0 Å². The molecule has 0 aromatic heterocycles. The molecule has 286 valence electrons. The summed E-state index contributed by atoms with van der Waals surface area (Å²) >= 11 is 0. The number of quaternary nitrogens is 1. The van der Waals surface area contributed by atoms with Gasteiger partial charge >= 0.3 is 7.82 Å². The number of hydrogen-bond acceptors (Lipinski definition) is 5. The first-order valence-electron chi connectivity index (χ1n) is 19.5. The average Bonchev–Trinajstić information content (AvgIpc) is 3.04. The lowest BCUT2D eigenvalue weighted by atomic mass is 10.0. The molecule has 3 unspecified atom stereocenters. The molecule has 1 amide bonds. The molecule has 0 aliphatic carbocycles. The summed E-state index contributed by atoms with van der Waals surface area (Å²) in [5.41, 5.74) is 0. The third kappa shape index (κ3) is 34.7. The lowest BCUT2D eigenvalue weighted by Crippen LogP contribution is -2.46. The van der Waals surface area contributed by atoms with Crippen molar-refractivity contribution < 1.29 is 32.9 Å². The molecular weight excluding hydrogens is 635 g/mol. The molecule has 0 spiro atoms. The Hall–Kier alpha value is -1.54. The van der Waals surface area contributed by atoms with E-state index in [0.717, 1.165) is 70.6 Å². The highest BCUT2D eigenvalue weighted by Gasteiger charge is 2.28. The Morgan fingerprint density at radius 1 is 0.714 bits per heavy atom. The van der Waals surface area contributed by atoms with Crippen LogP contribution in [0, 0.1) is 0 Å². The Kier molecular flexibility index (Phi) is 31.4. The summed E-state index contributed by atoms with van der Waals surface area (Å²) in [5.74, 6) is -0.162. The summed E-state index contributed by atoms with van der Waals surface area (Å²) < 4.78 is 23.4. The molecule has 9 heteroatoms. The maximum Gasteiger partial charge on any atom is 0.472 e. The Morgan fingerprint density at radius 3 is 1.80 bits per heavy atom. The number of phosphoric acid groups is 1. The number of aliphatic hydroxyl groups is 1. The summed E-state index contributed by atoms with van der Waals surface area (Å²) in [6.07, 6.45) is 38.7. The van der Waals surface area contributed by atoms with E-state index in [1.54, 1.807) is 0 Å². The molecule has 8 nitrogen and oxygen atoms in total. The summed E-state index contributed by atoms with van der Waals surface area (Å²) in [7, 11) is 1.60. The van der Waals surface area contributed by atoms with Crippen molar-refractivity contribution in [1.82, 2.24) is 5.32 Å². The van der Waals surface area contributed by atoms with E-state index in [1.807, 2.05) is 21.1 Å². The van der Waals surface area contributed by atoms with Crippen LogP contribution in [0.25, 0.3) is 0 Å². The molecule has 0 bridgehead atoms. The summed E-state index contributed by atoms with van der Waals surface area (Å²) in [5, 5.41) is 13.7. The third-order valence-corrected chi connectivity index (χ3v) is 9.33. The predicted molar refractivity (Wildman–Crippen MR) is 207 cm³/mol. The normalized spacial score (nSPS) is 15.2. The number of likely N-dealkylation sites (N-methyl/N-ethyl adjacent to an activating group) is 1. The van der Waals surface area contributed by atoms with E-state index in [-0.39, 0.29) is 19.1 Å². The summed E-state index contributed by atoms with van der Waals surface area (Å²) in [6, 6.07) is -0.762. The van der Waals surface area contributed by atoms with Gasteiger partial charge in [0.2, 0.25) is 5.91 Å². The van der Waals surface area contributed by atoms with Crippen LogP contribution < -0.4 is 5.32 Å². The lowest BCUT2D eigenvalue weighted by Gasteiger charge is -2.26. The minimum absolute atomic E-state index is 0.0701. The molecule has 0 aliphatic heterocycles. The summed E-state index contributed by atoms with van der Waals surface area (Å²) in [6.45, 7) is 4.67. The molecule has 0 aromatic rings. The van der Waals surface area contributed by atoms with Crippen molar-refractivity contribution in [2.45, 2.75) is 161 Å². The minimum atomic E-state index is -4.30. The standard InChI is InChI=1S/C40H75N2O6P/c1-6-8-10-12-14-15-16-17-18-19-20-21-22-23-24-25-26-27-28-30-32-34-40(44)41-38(39(43)33-31-29-13-11-9-7-2)37-48-49(45,46)47-36-35-42(3,4)5/h8,10,14-15,17-18,20-21,38-39,43H,6-7,9,11-13,16,19,22-37H2,1-5H3,(H-,41,44,45,46)/p+1/b10-8-,15-14-,18-17-,21-20-. The van der Waals surface area contributed by atoms with Crippen molar-refractivity contribution >= 4 is 13.7 Å². The van der Waals surface area contributed by atoms with Gasteiger partial charge in [0.15, 0.2) is 0 Å². The van der Waals surface area contributed by atoms with Crippen molar-refractivity contribution in [2.24, 2.45) is 0 Å². The van der Waals surface area contributed by atoms with Gasteiger partial charge in [-0.25, -0.2) is 4.57 Å². The van der Waals surface area contributed by atoms with E-state index in [0.29, 0.717) is 23.9 Å². The van der Waals surface area contributed by atoms with Crippen LogP contribution in [0.15, 0.2) is 48.6 Å². The van der Waals surface area contributed by atoms with E-state index >= 15 is 0 Å². The topological polar surface area (TPSA) is 105 Å². The van der Waals surface area contributed by atoms with Crippen molar-refractivity contribution in [3.63, 3.8) is 0 Å². The van der Waals surface area contributed by atoms with Gasteiger partial charge in [0.25, 0.3) is 0 Å². The highest BCUT2D eigenvalue weighted by molar-refractivity contribution is 7.47. The first-order valence-corrected chi connectivity index (χ1v) is 21.0. The van der Waals surface area contributed by atoms with Crippen LogP contribution in [-0.4, -0.2) is 73.4 Å². The van der Waals surface area contributed by atoms with E-state index in [9.17, 15) is 19.4 Å². The molecule has 0 radical (unpaired) electrons. The largest absolute Gasteiger partial charge is 0.472 e. The van der Waals surface area contributed by atoms with Crippen molar-refractivity contribution in [3.05, 3.63) is 48.6 Å². The maximum absolute atomic E-state index is 12.8. The number of hydrogen-bond donors (Lipinski definition) is 3. The Balaban J connectivity index is 4.23. The van der Waals surface area contributed by atoms with Gasteiger partial charge in [0, 0.05) is 6.42 Å². The van der Waals surface area contributed by atoms with Crippen LogP contribution in [0.1, 0.15) is 149 Å². The number of allylic oxidation sites excluding steroid dienone is 8. The van der Waals surface area contributed by atoms with Crippen LogP contribution in [0.3, 0.4) is 0 Å². The van der Waals surface area contributed by atoms with Gasteiger partial charge in [0.05, 0.1) is 39.9 Å². The molecule has 3 atom stereocenters. The molecule has 0 rings (SSSR count). The molecular formula is C40H76N2O6P+. The van der Waals surface area contributed by atoms with Crippen LogP contribution in [0.2, 0.25) is 0 Å². The number of unbranched alkanes of at least 4 members (excludes halogenated alkanes) is 13. The molecule has 0 saturated carbocycles. The van der Waals surface area contributed by atoms with E-state index in [4.69, 9.17) is 9.05 Å². The second-order valence-corrected chi connectivity index (χ2v) is 15.7. The smallest absolute Gasteiger partial charge is 0.391 e. The third-order valence-electron chi connectivity index (χ3n) is 8.34. The first kappa shape index (κ1) is 47.5. The van der Waals surface area contributed by atoms with Crippen molar-refractivity contribution in [1.29, 1.82) is 0 Å². The number of carbonyl (C=O) groups excluding carboxylic acids is 1. The van der Waals surface area contributed by atoms with E-state index in [1.165, 1.54) is 51.4 Å². The highest BCUT2D eigenvalue weighted by atomic mass is 31.2. The van der Waals surface area contributed by atoms with Gasteiger partial charge in [-0.2, -0.15) is 0 Å². The fraction of sp³-hybridized carbons (Fsp3) is 0.775. The molecule has 3 N–H and O–H groups in total. The van der Waals surface area contributed by atoms with Crippen LogP contribution >= 0.6 is 7.82 Å². The highest BCUT2D eigenvalue weighted by Crippen LogP contribution is 2.43. The number of nitrogens with one attached hydrogen (secondary N) is 1. The van der Waals surface area contributed by atoms with Gasteiger partial charge in [-0.3, -0.25) is 13.8 Å². The number of nitrogens with zero attached hydrogens (tertiary/aromatic N) is 1. The molecule has 0 fully saturated rings. The predicted octanol–water partition coefficient (Wildman–Crippen LogP) is 10.1. The molecule has 0 heterocycles. The van der Waals surface area contributed by atoms with Gasteiger partial charge in [-0.15, -0.1) is 0 Å². The van der Waals surface area contributed by atoms with Gasteiger partial charge in [0.1, 0.15) is 13.2 Å². The molecule has 0 aromatic carbocycles. The van der Waals surface area contributed by atoms with Gasteiger partial charge in [-0.05, 0) is 51.4 Å². The zero-order valence-electron chi connectivity index (χ0n) is 32.2. The number of phosphoric ester groups is 1. The number of aliphatic hydroxyl groups excluding tert-OH is 1. The van der Waals surface area contributed by atoms with E-state index < -0.39 is 20.0 Å². The lowest BCUT2D eigenvalue weighted by molar-refractivity contribution is -0.870. The molecule has 0 saturated heterocycles.